The van der Waals surface area contributed by atoms with Crippen molar-refractivity contribution >= 4 is 33.5 Å². The van der Waals surface area contributed by atoms with Crippen molar-refractivity contribution in [1.29, 1.82) is 5.26 Å². The van der Waals surface area contributed by atoms with Crippen LogP contribution in [0.1, 0.15) is 5.56 Å². The highest BCUT2D eigenvalue weighted by Crippen LogP contribution is 2.26. The second-order valence-corrected chi connectivity index (χ2v) is 5.55. The highest BCUT2D eigenvalue weighted by atomic mass is 127. The van der Waals surface area contributed by atoms with Crippen molar-refractivity contribution in [3.63, 3.8) is 0 Å². The third-order valence-corrected chi connectivity index (χ3v) is 4.00. The summed E-state index contributed by atoms with van der Waals surface area (Å²) in [7, 11) is 0. The minimum Gasteiger partial charge on any atom is -0.359 e. The fourth-order valence-electron chi connectivity index (χ4n) is 2.19. The number of fused-ring (bicyclic) bond motifs is 1. The van der Waals surface area contributed by atoms with Crippen LogP contribution in [-0.2, 0) is 0 Å². The lowest BCUT2D eigenvalue weighted by atomic mass is 10.0. The van der Waals surface area contributed by atoms with E-state index in [4.69, 9.17) is 5.26 Å². The number of hydrogen-bond acceptors (Lipinski definition) is 2. The van der Waals surface area contributed by atoms with E-state index in [1.165, 1.54) is 0 Å². The maximum Gasteiger partial charge on any atom is 0.202 e. The Hall–Kier alpha value is -2.13. The maximum absolute atomic E-state index is 12.1. The van der Waals surface area contributed by atoms with Crippen molar-refractivity contribution in [3.05, 3.63) is 68.0 Å². The number of pyridine rings is 1. The average molecular weight is 372 g/mol. The molecule has 0 aliphatic carbocycles. The minimum atomic E-state index is 0.0369. The fraction of sp³-hybridized carbons (Fsp3) is 0. The van der Waals surface area contributed by atoms with Gasteiger partial charge in [0.15, 0.2) is 0 Å². The van der Waals surface area contributed by atoms with Gasteiger partial charge in [0.2, 0.25) is 5.43 Å². The molecule has 1 N–H and O–H groups in total. The Morgan fingerprint density at radius 1 is 1.10 bits per heavy atom. The quantitative estimate of drug-likeness (QED) is 0.663. The van der Waals surface area contributed by atoms with E-state index in [9.17, 15) is 4.79 Å². The second kappa shape index (κ2) is 5.10. The van der Waals surface area contributed by atoms with Crippen LogP contribution in [0.2, 0.25) is 0 Å². The molecule has 20 heavy (non-hydrogen) atoms. The molecule has 0 fully saturated rings. The van der Waals surface area contributed by atoms with Crippen LogP contribution in [0, 0.1) is 14.9 Å². The summed E-state index contributed by atoms with van der Waals surface area (Å²) in [6.45, 7) is 0. The van der Waals surface area contributed by atoms with Crippen LogP contribution in [0.25, 0.3) is 22.0 Å². The summed E-state index contributed by atoms with van der Waals surface area (Å²) in [6.07, 6.45) is 1.72. The number of nitrogens with zero attached hydrogens (tertiary/aromatic N) is 1. The zero-order chi connectivity index (χ0) is 14.1. The molecular formula is C16H9IN2O. The van der Waals surface area contributed by atoms with Crippen molar-refractivity contribution in [3.8, 4) is 17.2 Å². The molecule has 0 aliphatic heterocycles. The second-order valence-electron chi connectivity index (χ2n) is 4.38. The summed E-state index contributed by atoms with van der Waals surface area (Å²) in [4.78, 5) is 15.3. The van der Waals surface area contributed by atoms with E-state index in [-0.39, 0.29) is 5.43 Å². The van der Waals surface area contributed by atoms with E-state index in [0.717, 1.165) is 16.6 Å². The zero-order valence-corrected chi connectivity index (χ0v) is 12.5. The number of hydrogen-bond donors (Lipinski definition) is 1. The van der Waals surface area contributed by atoms with Crippen LogP contribution in [0.4, 0.5) is 0 Å². The van der Waals surface area contributed by atoms with Gasteiger partial charge in [0.05, 0.1) is 20.7 Å². The average Bonchev–Trinajstić information content (AvgIpc) is 2.51. The van der Waals surface area contributed by atoms with E-state index < -0.39 is 0 Å². The lowest BCUT2D eigenvalue weighted by molar-refractivity contribution is 1.36. The molecule has 0 unspecified atom stereocenters. The van der Waals surface area contributed by atoms with Crippen molar-refractivity contribution < 1.29 is 0 Å². The highest BCUT2D eigenvalue weighted by Gasteiger charge is 2.08. The molecular weight excluding hydrogens is 363 g/mol. The lowest BCUT2D eigenvalue weighted by Gasteiger charge is -2.07. The van der Waals surface area contributed by atoms with Crippen molar-refractivity contribution in [1.82, 2.24) is 4.98 Å². The van der Waals surface area contributed by atoms with Crippen LogP contribution < -0.4 is 5.43 Å². The number of H-pyrrole nitrogens is 1. The Labute approximate surface area is 129 Å². The van der Waals surface area contributed by atoms with Gasteiger partial charge in [0.25, 0.3) is 0 Å². The van der Waals surface area contributed by atoms with Crippen LogP contribution in [-0.4, -0.2) is 4.98 Å². The molecule has 3 rings (SSSR count). The van der Waals surface area contributed by atoms with Crippen LogP contribution >= 0.6 is 22.6 Å². The molecule has 0 amide bonds. The summed E-state index contributed by atoms with van der Waals surface area (Å²) in [5.74, 6) is 0. The molecule has 3 nitrogen and oxygen atoms in total. The molecule has 0 bridgehead atoms. The van der Waals surface area contributed by atoms with Crippen molar-refractivity contribution in [2.45, 2.75) is 0 Å². The first kappa shape index (κ1) is 12.9. The van der Waals surface area contributed by atoms with Gasteiger partial charge >= 0.3 is 0 Å². The third-order valence-electron chi connectivity index (χ3n) is 3.19. The maximum atomic E-state index is 12.1. The summed E-state index contributed by atoms with van der Waals surface area (Å²) < 4.78 is 0.673. The molecule has 0 radical (unpaired) electrons. The first-order chi connectivity index (χ1) is 9.70. The largest absolute Gasteiger partial charge is 0.359 e. The summed E-state index contributed by atoms with van der Waals surface area (Å²) in [5.41, 5.74) is 3.42. The van der Waals surface area contributed by atoms with Crippen LogP contribution in [0.15, 0.2) is 53.5 Å². The number of para-hydroxylation sites is 1. The van der Waals surface area contributed by atoms with Crippen molar-refractivity contribution in [2.24, 2.45) is 0 Å². The molecule has 0 atom stereocenters. The summed E-state index contributed by atoms with van der Waals surface area (Å²) in [6, 6.07) is 15.1. The van der Waals surface area contributed by atoms with Gasteiger partial charge in [-0.1, -0.05) is 24.3 Å². The molecule has 0 aliphatic rings. The van der Waals surface area contributed by atoms with Gasteiger partial charge in [-0.2, -0.15) is 5.26 Å². The Morgan fingerprint density at radius 2 is 1.85 bits per heavy atom. The number of benzene rings is 2. The monoisotopic (exact) mass is 372 g/mol. The SMILES string of the molecule is N#Cc1ccc(-c2cccc3c(=O)c(I)c[nH]c23)cc1. The molecule has 0 spiro atoms. The number of aromatic amines is 1. The first-order valence-electron chi connectivity index (χ1n) is 6.01. The molecule has 0 saturated heterocycles. The van der Waals surface area contributed by atoms with Gasteiger partial charge in [-0.3, -0.25) is 4.79 Å². The third kappa shape index (κ3) is 2.10. The fourth-order valence-corrected chi connectivity index (χ4v) is 2.64. The van der Waals surface area contributed by atoms with Gasteiger partial charge in [0, 0.05) is 17.1 Å². The van der Waals surface area contributed by atoms with E-state index in [0.29, 0.717) is 14.5 Å². The molecule has 3 aromatic rings. The number of rotatable bonds is 1. The zero-order valence-electron chi connectivity index (χ0n) is 10.4. The van der Waals surface area contributed by atoms with Gasteiger partial charge in [-0.05, 0) is 46.4 Å². The Balaban J connectivity index is 2.29. The highest BCUT2D eigenvalue weighted by molar-refractivity contribution is 14.1. The lowest BCUT2D eigenvalue weighted by Crippen LogP contribution is -2.06. The Bertz CT molecular complexity index is 889. The minimum absolute atomic E-state index is 0.0369. The van der Waals surface area contributed by atoms with Gasteiger partial charge < -0.3 is 4.98 Å². The molecule has 1 heterocycles. The van der Waals surface area contributed by atoms with Crippen LogP contribution in [0.5, 0.6) is 0 Å². The molecule has 1 aromatic heterocycles. The number of halogens is 1. The van der Waals surface area contributed by atoms with E-state index in [2.05, 4.69) is 11.1 Å². The molecule has 0 saturated carbocycles. The van der Waals surface area contributed by atoms with E-state index in [1.54, 1.807) is 18.3 Å². The first-order valence-corrected chi connectivity index (χ1v) is 7.09. The summed E-state index contributed by atoms with van der Waals surface area (Å²) >= 11 is 2.03. The van der Waals surface area contributed by atoms with E-state index in [1.807, 2.05) is 52.9 Å². The number of nitrogens with one attached hydrogen (secondary N) is 1. The molecule has 2 aromatic carbocycles. The Kier molecular flexibility index (Phi) is 3.28. The standard InChI is InChI=1S/C16H9IN2O/c17-14-9-19-15-12(2-1-3-13(15)16(14)20)11-6-4-10(8-18)5-7-11/h1-7,9H,(H,19,20). The van der Waals surface area contributed by atoms with Gasteiger partial charge in [-0.15, -0.1) is 0 Å². The Morgan fingerprint density at radius 3 is 2.55 bits per heavy atom. The van der Waals surface area contributed by atoms with Gasteiger partial charge in [0.1, 0.15) is 0 Å². The van der Waals surface area contributed by atoms with Crippen molar-refractivity contribution in [2.75, 3.05) is 0 Å². The molecule has 96 valence electrons. The predicted octanol–water partition coefficient (Wildman–Crippen LogP) is 3.67. The molecule has 4 heteroatoms. The number of aromatic nitrogens is 1. The van der Waals surface area contributed by atoms with Gasteiger partial charge in [-0.25, -0.2) is 0 Å². The topological polar surface area (TPSA) is 56.6 Å². The van der Waals surface area contributed by atoms with Crippen LogP contribution in [0.3, 0.4) is 0 Å². The normalized spacial score (nSPS) is 10.4. The smallest absolute Gasteiger partial charge is 0.202 e. The van der Waals surface area contributed by atoms with E-state index >= 15 is 0 Å². The predicted molar refractivity (Wildman–Crippen MR) is 87.4 cm³/mol. The number of nitriles is 1. The summed E-state index contributed by atoms with van der Waals surface area (Å²) in [5, 5.41) is 9.52.